The predicted octanol–water partition coefficient (Wildman–Crippen LogP) is 3.68. The van der Waals surface area contributed by atoms with Crippen LogP contribution < -0.4 is 0 Å². The number of hydrogen-bond donors (Lipinski definition) is 0. The minimum Gasteiger partial charge on any atom is -0.339 e. The Kier molecular flexibility index (Phi) is 4.66. The zero-order chi connectivity index (χ0) is 20.8. The molecule has 1 fully saturated rings. The van der Waals surface area contributed by atoms with E-state index in [1.165, 1.54) is 24.3 Å². The zero-order valence-corrected chi connectivity index (χ0v) is 15.4. The molecule has 29 heavy (non-hydrogen) atoms. The first-order valence-electron chi connectivity index (χ1n) is 8.41. The van der Waals surface area contributed by atoms with Crippen molar-refractivity contribution in [1.82, 2.24) is 14.4 Å². The van der Waals surface area contributed by atoms with Crippen LogP contribution in [0, 0.1) is 5.82 Å². The van der Waals surface area contributed by atoms with Crippen molar-refractivity contribution < 1.29 is 30.5 Å². The Hall–Kier alpha value is -2.79. The fourth-order valence-electron chi connectivity index (χ4n) is 2.92. The topological polar surface area (TPSA) is 76.3 Å². The summed E-state index contributed by atoms with van der Waals surface area (Å²) in [4.78, 5) is 3.94. The van der Waals surface area contributed by atoms with Crippen molar-refractivity contribution in [2.45, 2.75) is 17.0 Å². The number of alkyl halides is 3. The summed E-state index contributed by atoms with van der Waals surface area (Å²) in [6, 6.07) is 9.19. The maximum Gasteiger partial charge on any atom is 0.416 e. The van der Waals surface area contributed by atoms with E-state index in [0.29, 0.717) is 0 Å². The number of rotatable bonds is 4. The molecule has 0 aliphatic carbocycles. The highest BCUT2D eigenvalue weighted by Gasteiger charge is 2.40. The van der Waals surface area contributed by atoms with Crippen LogP contribution in [-0.4, -0.2) is 36.0 Å². The maximum absolute atomic E-state index is 13.3. The van der Waals surface area contributed by atoms with Gasteiger partial charge in [-0.3, -0.25) is 0 Å². The minimum atomic E-state index is -4.50. The molecule has 0 saturated carbocycles. The molecule has 0 N–H and O–H groups in total. The van der Waals surface area contributed by atoms with Crippen LogP contribution in [0.2, 0.25) is 0 Å². The van der Waals surface area contributed by atoms with Crippen LogP contribution in [0.1, 0.15) is 17.4 Å². The zero-order valence-electron chi connectivity index (χ0n) is 14.6. The van der Waals surface area contributed by atoms with Crippen molar-refractivity contribution in [3.8, 4) is 11.4 Å². The average Bonchev–Trinajstić information content (AvgIpc) is 3.09. The number of aromatic nitrogens is 2. The van der Waals surface area contributed by atoms with Gasteiger partial charge in [-0.15, -0.1) is 0 Å². The summed E-state index contributed by atoms with van der Waals surface area (Å²) >= 11 is 0. The Morgan fingerprint density at radius 3 is 2.48 bits per heavy atom. The van der Waals surface area contributed by atoms with Crippen molar-refractivity contribution in [1.29, 1.82) is 0 Å². The molecule has 1 saturated heterocycles. The summed E-state index contributed by atoms with van der Waals surface area (Å²) in [5.41, 5.74) is -0.698. The van der Waals surface area contributed by atoms with Gasteiger partial charge in [-0.2, -0.15) is 22.5 Å². The minimum absolute atomic E-state index is 0.0162. The first kappa shape index (κ1) is 19.5. The van der Waals surface area contributed by atoms with Gasteiger partial charge in [0.2, 0.25) is 21.7 Å². The predicted molar refractivity (Wildman–Crippen MR) is 92.6 cm³/mol. The first-order chi connectivity index (χ1) is 13.6. The summed E-state index contributed by atoms with van der Waals surface area (Å²) in [5, 5.41) is 3.70. The molecule has 0 unspecified atom stereocenters. The van der Waals surface area contributed by atoms with Gasteiger partial charge >= 0.3 is 6.18 Å². The molecule has 0 radical (unpaired) electrons. The highest BCUT2D eigenvalue weighted by molar-refractivity contribution is 7.89. The summed E-state index contributed by atoms with van der Waals surface area (Å²) in [7, 11) is -3.85. The van der Waals surface area contributed by atoms with Crippen LogP contribution in [0.25, 0.3) is 11.4 Å². The lowest BCUT2D eigenvalue weighted by Crippen LogP contribution is -2.48. The van der Waals surface area contributed by atoms with Crippen LogP contribution in [0.15, 0.2) is 57.9 Å². The number of hydrogen-bond acceptors (Lipinski definition) is 5. The lowest BCUT2D eigenvalue weighted by atomic mass is 10.0. The van der Waals surface area contributed by atoms with Gasteiger partial charge in [0.1, 0.15) is 5.82 Å². The van der Waals surface area contributed by atoms with Gasteiger partial charge in [0.25, 0.3) is 0 Å². The van der Waals surface area contributed by atoms with E-state index < -0.39 is 33.5 Å². The Morgan fingerprint density at radius 1 is 1.07 bits per heavy atom. The highest BCUT2D eigenvalue weighted by atomic mass is 32.2. The molecule has 1 aliphatic rings. The summed E-state index contributed by atoms with van der Waals surface area (Å²) in [6.45, 7) is 0.0894. The van der Waals surface area contributed by atoms with Crippen LogP contribution in [0.3, 0.4) is 0 Å². The molecule has 2 heterocycles. The second-order valence-corrected chi connectivity index (χ2v) is 8.45. The smallest absolute Gasteiger partial charge is 0.339 e. The molecule has 1 aromatic heterocycles. The number of nitrogens with zero attached hydrogens (tertiary/aromatic N) is 3. The summed E-state index contributed by atoms with van der Waals surface area (Å²) < 4.78 is 83.1. The van der Waals surface area contributed by atoms with Crippen molar-refractivity contribution in [3.05, 3.63) is 65.8 Å². The molecule has 152 valence electrons. The Morgan fingerprint density at radius 2 is 1.79 bits per heavy atom. The molecule has 3 aromatic rings. The number of halogens is 4. The molecule has 1 aliphatic heterocycles. The molecule has 0 atom stereocenters. The van der Waals surface area contributed by atoms with E-state index in [2.05, 4.69) is 10.1 Å². The molecule has 11 heteroatoms. The molecular formula is C18H13F4N3O3S. The second-order valence-electron chi connectivity index (χ2n) is 6.51. The third-order valence-electron chi connectivity index (χ3n) is 4.52. The Labute approximate surface area is 162 Å². The van der Waals surface area contributed by atoms with Crippen LogP contribution in [0.4, 0.5) is 17.6 Å². The number of benzene rings is 2. The molecule has 6 nitrogen and oxygen atoms in total. The molecule has 4 rings (SSSR count). The second kappa shape index (κ2) is 6.92. The van der Waals surface area contributed by atoms with E-state index in [1.807, 2.05) is 0 Å². The maximum atomic E-state index is 13.3. The first-order valence-corrected chi connectivity index (χ1v) is 9.85. The van der Waals surface area contributed by atoms with E-state index in [0.717, 1.165) is 28.6 Å². The quantitative estimate of drug-likeness (QED) is 0.594. The largest absolute Gasteiger partial charge is 0.416 e. The van der Waals surface area contributed by atoms with Gasteiger partial charge in [0.05, 0.1) is 16.4 Å². The van der Waals surface area contributed by atoms with Gasteiger partial charge in [-0.25, -0.2) is 12.8 Å². The fraction of sp³-hybridized carbons (Fsp3) is 0.222. The Balaban J connectivity index is 1.49. The van der Waals surface area contributed by atoms with Gasteiger partial charge < -0.3 is 4.52 Å². The third-order valence-corrected chi connectivity index (χ3v) is 6.35. The van der Waals surface area contributed by atoms with E-state index in [1.54, 1.807) is 0 Å². The lowest BCUT2D eigenvalue weighted by molar-refractivity contribution is -0.137. The van der Waals surface area contributed by atoms with Crippen LogP contribution in [0.5, 0.6) is 0 Å². The molecule has 0 amide bonds. The van der Waals surface area contributed by atoms with Gasteiger partial charge in [-0.05, 0) is 30.3 Å². The lowest BCUT2D eigenvalue weighted by Gasteiger charge is -2.35. The van der Waals surface area contributed by atoms with Gasteiger partial charge in [0, 0.05) is 18.7 Å². The molecule has 0 bridgehead atoms. The van der Waals surface area contributed by atoms with Crippen molar-refractivity contribution in [3.63, 3.8) is 0 Å². The SMILES string of the molecule is O=S(=O)(c1cccc(F)c1)N1CC(c2nc(-c3cccc(C(F)(F)F)c3)no2)C1. The van der Waals surface area contributed by atoms with E-state index >= 15 is 0 Å². The van der Waals surface area contributed by atoms with Crippen molar-refractivity contribution in [2.24, 2.45) is 0 Å². The van der Waals surface area contributed by atoms with Gasteiger partial charge in [0.15, 0.2) is 0 Å². The summed E-state index contributed by atoms with van der Waals surface area (Å²) in [6.07, 6.45) is -4.50. The van der Waals surface area contributed by atoms with E-state index in [-0.39, 0.29) is 35.3 Å². The van der Waals surface area contributed by atoms with Crippen LogP contribution >= 0.6 is 0 Å². The van der Waals surface area contributed by atoms with Crippen LogP contribution in [-0.2, 0) is 16.2 Å². The normalized spacial score (nSPS) is 16.0. The highest BCUT2D eigenvalue weighted by Crippen LogP contribution is 2.34. The van der Waals surface area contributed by atoms with Crippen molar-refractivity contribution >= 4 is 10.0 Å². The van der Waals surface area contributed by atoms with Gasteiger partial charge in [-0.1, -0.05) is 23.4 Å². The monoisotopic (exact) mass is 427 g/mol. The van der Waals surface area contributed by atoms with E-state index in [4.69, 9.17) is 4.52 Å². The molecule has 0 spiro atoms. The third kappa shape index (κ3) is 3.75. The summed E-state index contributed by atoms with van der Waals surface area (Å²) in [5.74, 6) is -0.947. The van der Waals surface area contributed by atoms with Crippen molar-refractivity contribution in [2.75, 3.05) is 13.1 Å². The molecular weight excluding hydrogens is 414 g/mol. The molecule has 2 aromatic carbocycles. The fourth-order valence-corrected chi connectivity index (χ4v) is 4.48. The Bertz CT molecular complexity index is 1150. The number of sulfonamides is 1. The average molecular weight is 427 g/mol. The van der Waals surface area contributed by atoms with E-state index in [9.17, 15) is 26.0 Å². The standard InChI is InChI=1S/C18H13F4N3O3S/c19-14-5-2-6-15(8-14)29(26,27)25-9-12(10-25)17-23-16(24-28-17)11-3-1-4-13(7-11)18(20,21)22/h1-8,12H,9-10H2.